The van der Waals surface area contributed by atoms with Crippen molar-refractivity contribution >= 4 is 16.7 Å². The van der Waals surface area contributed by atoms with E-state index >= 15 is 0 Å². The molecule has 8 nitrogen and oxygen atoms in total. The quantitative estimate of drug-likeness (QED) is 0.553. The first-order valence-corrected chi connectivity index (χ1v) is 10.8. The molecule has 2 aromatic heterocycles. The number of H-pyrrole nitrogens is 1. The molecule has 0 atom stereocenters. The molecule has 3 heterocycles. The van der Waals surface area contributed by atoms with E-state index in [4.69, 9.17) is 14.5 Å². The standard InChI is InChI=1S/C24H32N6O2/c1-28(2)8-9-30-16-18(15-29(30)3)22-13-23-24(27-22)25-14-19(26-23)7-6-17-10-20(31-4)12-21(11-17)32-5/h10-14,16H,6-9,15H2,1-5H3,(H,25,27). The van der Waals surface area contributed by atoms with Crippen LogP contribution in [-0.4, -0.2) is 84.9 Å². The number of hydrazine groups is 1. The van der Waals surface area contributed by atoms with Gasteiger partial charge in [-0.15, -0.1) is 0 Å². The van der Waals surface area contributed by atoms with Gasteiger partial charge in [0.1, 0.15) is 17.0 Å². The first-order valence-electron chi connectivity index (χ1n) is 10.8. The molecule has 1 aliphatic rings. The second-order valence-electron chi connectivity index (χ2n) is 8.44. The van der Waals surface area contributed by atoms with Gasteiger partial charge in [-0.05, 0) is 50.7 Å². The lowest BCUT2D eigenvalue weighted by Gasteiger charge is -2.26. The molecule has 0 unspecified atom stereocenters. The van der Waals surface area contributed by atoms with Gasteiger partial charge in [-0.1, -0.05) is 0 Å². The number of rotatable bonds is 9. The highest BCUT2D eigenvalue weighted by atomic mass is 16.5. The van der Waals surface area contributed by atoms with Crippen molar-refractivity contribution in [1.29, 1.82) is 0 Å². The number of aryl methyl sites for hydroxylation is 2. The zero-order valence-electron chi connectivity index (χ0n) is 19.6. The molecule has 32 heavy (non-hydrogen) atoms. The maximum absolute atomic E-state index is 5.37. The van der Waals surface area contributed by atoms with Crippen LogP contribution in [0.25, 0.3) is 16.7 Å². The van der Waals surface area contributed by atoms with E-state index in [9.17, 15) is 0 Å². The van der Waals surface area contributed by atoms with Crippen LogP contribution in [0, 0.1) is 0 Å². The lowest BCUT2D eigenvalue weighted by molar-refractivity contribution is 0.0771. The minimum atomic E-state index is 0.795. The van der Waals surface area contributed by atoms with Gasteiger partial charge in [-0.3, -0.25) is 0 Å². The Kier molecular flexibility index (Phi) is 6.62. The summed E-state index contributed by atoms with van der Waals surface area (Å²) < 4.78 is 10.7. The Labute approximate surface area is 189 Å². The predicted octanol–water partition coefficient (Wildman–Crippen LogP) is 2.83. The molecule has 0 spiro atoms. The summed E-state index contributed by atoms with van der Waals surface area (Å²) in [7, 11) is 9.64. The van der Waals surface area contributed by atoms with E-state index in [2.05, 4.69) is 58.3 Å². The van der Waals surface area contributed by atoms with Crippen molar-refractivity contribution in [2.75, 3.05) is 55.0 Å². The molecule has 0 saturated heterocycles. The summed E-state index contributed by atoms with van der Waals surface area (Å²) in [5.74, 6) is 1.59. The van der Waals surface area contributed by atoms with E-state index in [0.717, 1.165) is 72.1 Å². The van der Waals surface area contributed by atoms with Crippen molar-refractivity contribution in [2.24, 2.45) is 0 Å². The average Bonchev–Trinajstić information content (AvgIpc) is 3.38. The molecule has 4 rings (SSSR count). The third-order valence-corrected chi connectivity index (χ3v) is 5.73. The molecule has 3 aromatic rings. The monoisotopic (exact) mass is 436 g/mol. The van der Waals surface area contributed by atoms with Crippen molar-refractivity contribution in [2.45, 2.75) is 12.8 Å². The number of benzene rings is 1. The number of methoxy groups -OCH3 is 2. The van der Waals surface area contributed by atoms with Gasteiger partial charge in [0.2, 0.25) is 0 Å². The summed E-state index contributed by atoms with van der Waals surface area (Å²) in [6, 6.07) is 8.06. The fraction of sp³-hybridized carbons (Fsp3) is 0.417. The molecular formula is C24H32N6O2. The molecule has 0 bridgehead atoms. The molecule has 0 aliphatic carbocycles. The summed E-state index contributed by atoms with van der Waals surface area (Å²) in [4.78, 5) is 15.1. The van der Waals surface area contributed by atoms with E-state index in [1.54, 1.807) is 14.2 Å². The topological polar surface area (TPSA) is 69.8 Å². The van der Waals surface area contributed by atoms with Crippen LogP contribution in [0.5, 0.6) is 11.5 Å². The molecule has 1 N–H and O–H groups in total. The molecular weight excluding hydrogens is 404 g/mol. The maximum Gasteiger partial charge on any atom is 0.156 e. The van der Waals surface area contributed by atoms with Crippen molar-refractivity contribution in [3.05, 3.63) is 53.6 Å². The highest BCUT2D eigenvalue weighted by Crippen LogP contribution is 2.26. The Bertz CT molecular complexity index is 1080. The second-order valence-corrected chi connectivity index (χ2v) is 8.44. The Morgan fingerprint density at radius 2 is 1.81 bits per heavy atom. The zero-order chi connectivity index (χ0) is 22.7. The predicted molar refractivity (Wildman–Crippen MR) is 127 cm³/mol. The van der Waals surface area contributed by atoms with Crippen LogP contribution >= 0.6 is 0 Å². The maximum atomic E-state index is 5.37. The fourth-order valence-electron chi connectivity index (χ4n) is 3.86. The summed E-state index contributed by atoms with van der Waals surface area (Å²) in [6.45, 7) is 2.83. The number of aromatic amines is 1. The van der Waals surface area contributed by atoms with Crippen LogP contribution in [-0.2, 0) is 12.8 Å². The van der Waals surface area contributed by atoms with Gasteiger partial charge >= 0.3 is 0 Å². The van der Waals surface area contributed by atoms with Crippen molar-refractivity contribution in [1.82, 2.24) is 29.9 Å². The molecule has 0 radical (unpaired) electrons. The van der Waals surface area contributed by atoms with Gasteiger partial charge in [0.05, 0.1) is 26.1 Å². The van der Waals surface area contributed by atoms with Crippen molar-refractivity contribution in [3.63, 3.8) is 0 Å². The normalized spacial score (nSPS) is 14.4. The van der Waals surface area contributed by atoms with E-state index in [-0.39, 0.29) is 0 Å². The van der Waals surface area contributed by atoms with E-state index < -0.39 is 0 Å². The third-order valence-electron chi connectivity index (χ3n) is 5.73. The van der Waals surface area contributed by atoms with Gasteiger partial charge in [0.15, 0.2) is 5.65 Å². The highest BCUT2D eigenvalue weighted by molar-refractivity contribution is 5.79. The average molecular weight is 437 g/mol. The molecule has 8 heteroatoms. The highest BCUT2D eigenvalue weighted by Gasteiger charge is 2.21. The second kappa shape index (κ2) is 9.58. The van der Waals surface area contributed by atoms with Gasteiger partial charge in [0, 0.05) is 50.2 Å². The molecule has 0 amide bonds. The minimum Gasteiger partial charge on any atom is -0.497 e. The van der Waals surface area contributed by atoms with E-state index in [1.165, 1.54) is 5.57 Å². The van der Waals surface area contributed by atoms with Gasteiger partial charge in [-0.25, -0.2) is 15.0 Å². The first kappa shape index (κ1) is 22.1. The van der Waals surface area contributed by atoms with Crippen LogP contribution in [0.1, 0.15) is 17.0 Å². The molecule has 0 fully saturated rings. The zero-order valence-corrected chi connectivity index (χ0v) is 19.6. The van der Waals surface area contributed by atoms with Crippen LogP contribution in [0.15, 0.2) is 36.7 Å². The Hall–Kier alpha value is -3.10. The smallest absolute Gasteiger partial charge is 0.156 e. The summed E-state index contributed by atoms with van der Waals surface area (Å²) in [5, 5.41) is 4.49. The number of nitrogens with zero attached hydrogens (tertiary/aromatic N) is 5. The SMILES string of the molecule is COc1cc(CCc2cnc3[nH]c(C4=CN(CCN(C)C)N(C)C4)cc3n2)cc(OC)c1. The largest absolute Gasteiger partial charge is 0.497 e. The lowest BCUT2D eigenvalue weighted by atomic mass is 10.1. The Balaban J connectivity index is 1.47. The van der Waals surface area contributed by atoms with E-state index in [0.29, 0.717) is 0 Å². The van der Waals surface area contributed by atoms with Crippen LogP contribution in [0.4, 0.5) is 0 Å². The Morgan fingerprint density at radius 3 is 2.50 bits per heavy atom. The molecule has 0 saturated carbocycles. The van der Waals surface area contributed by atoms with Gasteiger partial charge in [-0.2, -0.15) is 0 Å². The lowest BCUT2D eigenvalue weighted by Crippen LogP contribution is -2.36. The number of ether oxygens (including phenoxy) is 2. The van der Waals surface area contributed by atoms with Gasteiger partial charge in [0.25, 0.3) is 0 Å². The van der Waals surface area contributed by atoms with Crippen LogP contribution in [0.2, 0.25) is 0 Å². The molecule has 1 aromatic carbocycles. The number of nitrogens with one attached hydrogen (secondary N) is 1. The number of aromatic nitrogens is 3. The van der Waals surface area contributed by atoms with Crippen molar-refractivity contribution in [3.8, 4) is 11.5 Å². The summed E-state index contributed by atoms with van der Waals surface area (Å²) in [6.07, 6.45) is 5.70. The number of hydrogen-bond acceptors (Lipinski definition) is 7. The summed E-state index contributed by atoms with van der Waals surface area (Å²) in [5.41, 5.74) is 6.16. The van der Waals surface area contributed by atoms with Crippen LogP contribution < -0.4 is 9.47 Å². The first-order chi connectivity index (χ1) is 15.4. The number of hydrogen-bond donors (Lipinski definition) is 1. The van der Waals surface area contributed by atoms with Gasteiger partial charge < -0.3 is 24.4 Å². The van der Waals surface area contributed by atoms with Crippen LogP contribution in [0.3, 0.4) is 0 Å². The summed E-state index contributed by atoms with van der Waals surface area (Å²) >= 11 is 0. The molecule has 1 aliphatic heterocycles. The number of fused-ring (bicyclic) bond motifs is 1. The minimum absolute atomic E-state index is 0.795. The Morgan fingerprint density at radius 1 is 1.06 bits per heavy atom. The fourth-order valence-corrected chi connectivity index (χ4v) is 3.86. The molecule has 170 valence electrons. The third kappa shape index (κ3) is 5.03. The van der Waals surface area contributed by atoms with E-state index in [1.807, 2.05) is 24.4 Å². The number of likely N-dealkylation sites (N-methyl/N-ethyl adjacent to an activating group) is 2. The van der Waals surface area contributed by atoms with Crippen molar-refractivity contribution < 1.29 is 9.47 Å².